The quantitative estimate of drug-likeness (QED) is 0.653. The fourth-order valence-electron chi connectivity index (χ4n) is 1.39. The number of aliphatic hydroxyl groups is 3. The molecule has 7 heteroatoms. The molecule has 0 aliphatic rings. The molecular formula is C13H16Cl2O5. The lowest BCUT2D eigenvalue weighted by molar-refractivity contribution is -0.150. The second-order valence-electron chi connectivity index (χ2n) is 4.55. The van der Waals surface area contributed by atoms with Gasteiger partial charge < -0.3 is 20.1 Å². The molecule has 0 atom stereocenters. The van der Waals surface area contributed by atoms with E-state index in [1.165, 1.54) is 6.07 Å². The van der Waals surface area contributed by atoms with Crippen LogP contribution in [0.15, 0.2) is 18.2 Å². The second kappa shape index (κ2) is 7.81. The monoisotopic (exact) mass is 322 g/mol. The Balaban J connectivity index is 2.60. The van der Waals surface area contributed by atoms with Crippen molar-refractivity contribution in [2.24, 2.45) is 5.41 Å². The Morgan fingerprint density at radius 2 is 1.75 bits per heavy atom. The van der Waals surface area contributed by atoms with Crippen molar-refractivity contribution in [3.8, 4) is 0 Å². The van der Waals surface area contributed by atoms with Gasteiger partial charge >= 0.3 is 5.97 Å². The molecule has 0 heterocycles. The van der Waals surface area contributed by atoms with Crippen LogP contribution in [0.4, 0.5) is 0 Å². The second-order valence-corrected chi connectivity index (χ2v) is 5.39. The number of rotatable bonds is 7. The van der Waals surface area contributed by atoms with Crippen LogP contribution in [0.25, 0.3) is 0 Å². The molecular weight excluding hydrogens is 307 g/mol. The van der Waals surface area contributed by atoms with E-state index in [0.29, 0.717) is 15.6 Å². The molecule has 112 valence electrons. The van der Waals surface area contributed by atoms with Gasteiger partial charge in [0.1, 0.15) is 6.61 Å². The van der Waals surface area contributed by atoms with Gasteiger partial charge in [-0.2, -0.15) is 0 Å². The van der Waals surface area contributed by atoms with Crippen LogP contribution in [0.3, 0.4) is 0 Å². The summed E-state index contributed by atoms with van der Waals surface area (Å²) < 4.78 is 4.96. The van der Waals surface area contributed by atoms with Crippen LogP contribution in [0.1, 0.15) is 5.56 Å². The predicted octanol–water partition coefficient (Wildman–Crippen LogP) is 1.04. The van der Waals surface area contributed by atoms with Crippen LogP contribution >= 0.6 is 23.2 Å². The maximum atomic E-state index is 11.7. The van der Waals surface area contributed by atoms with Crippen molar-refractivity contribution in [3.05, 3.63) is 33.8 Å². The number of esters is 1. The predicted molar refractivity (Wildman–Crippen MR) is 74.8 cm³/mol. The third-order valence-corrected chi connectivity index (χ3v) is 3.48. The van der Waals surface area contributed by atoms with Crippen LogP contribution in [-0.2, 0) is 16.0 Å². The zero-order chi connectivity index (χ0) is 15.2. The van der Waals surface area contributed by atoms with Crippen molar-refractivity contribution < 1.29 is 24.9 Å². The highest BCUT2D eigenvalue weighted by atomic mass is 35.5. The van der Waals surface area contributed by atoms with Crippen LogP contribution in [0, 0.1) is 5.41 Å². The van der Waals surface area contributed by atoms with E-state index >= 15 is 0 Å². The number of benzene rings is 1. The first kappa shape index (κ1) is 17.2. The van der Waals surface area contributed by atoms with Gasteiger partial charge in [0.25, 0.3) is 0 Å². The van der Waals surface area contributed by atoms with Crippen molar-refractivity contribution in [3.63, 3.8) is 0 Å². The van der Waals surface area contributed by atoms with Gasteiger partial charge in [0.2, 0.25) is 0 Å². The maximum absolute atomic E-state index is 11.7. The number of carbonyl (C=O) groups excluding carboxylic acids is 1. The molecule has 0 bridgehead atoms. The smallest absolute Gasteiger partial charge is 0.310 e. The van der Waals surface area contributed by atoms with E-state index in [1.807, 2.05) is 0 Å². The van der Waals surface area contributed by atoms with E-state index in [0.717, 1.165) is 0 Å². The number of halogens is 2. The topological polar surface area (TPSA) is 87.0 Å². The molecule has 20 heavy (non-hydrogen) atoms. The Morgan fingerprint density at radius 3 is 2.25 bits per heavy atom. The number of ether oxygens (including phenoxy) is 1. The summed E-state index contributed by atoms with van der Waals surface area (Å²) in [5, 5.41) is 28.1. The molecule has 1 aromatic rings. The molecule has 0 saturated carbocycles. The molecule has 3 N–H and O–H groups in total. The Kier molecular flexibility index (Phi) is 6.71. The summed E-state index contributed by atoms with van der Waals surface area (Å²) in [6.45, 7) is -1.75. The molecule has 0 aromatic heterocycles. The van der Waals surface area contributed by atoms with Gasteiger partial charge in [-0.25, -0.2) is 0 Å². The molecule has 0 unspecified atom stereocenters. The molecule has 1 aromatic carbocycles. The lowest BCUT2D eigenvalue weighted by Gasteiger charge is -2.26. The average molecular weight is 323 g/mol. The van der Waals surface area contributed by atoms with E-state index in [1.54, 1.807) is 12.1 Å². The molecule has 0 radical (unpaired) electrons. The molecule has 0 fully saturated rings. The lowest BCUT2D eigenvalue weighted by atomic mass is 9.93. The summed E-state index contributed by atoms with van der Waals surface area (Å²) >= 11 is 11.7. The number of aliphatic hydroxyl groups excluding tert-OH is 3. The first-order chi connectivity index (χ1) is 9.46. The first-order valence-electron chi connectivity index (χ1n) is 5.88. The molecule has 0 aliphatic carbocycles. The minimum Gasteiger partial charge on any atom is -0.465 e. The summed E-state index contributed by atoms with van der Waals surface area (Å²) in [6, 6.07) is 4.74. The van der Waals surface area contributed by atoms with Crippen molar-refractivity contribution in [1.82, 2.24) is 0 Å². The minimum absolute atomic E-state index is 0.0611. The summed E-state index contributed by atoms with van der Waals surface area (Å²) in [6.07, 6.45) is -0.0611. The average Bonchev–Trinajstić information content (AvgIpc) is 2.44. The summed E-state index contributed by atoms with van der Waals surface area (Å²) in [5.74, 6) is -0.575. The Bertz CT molecular complexity index is 452. The van der Waals surface area contributed by atoms with Crippen molar-refractivity contribution in [2.75, 3.05) is 26.4 Å². The molecule has 0 spiro atoms. The van der Waals surface area contributed by atoms with Crippen LogP contribution in [-0.4, -0.2) is 47.7 Å². The highest BCUT2D eigenvalue weighted by Crippen LogP contribution is 2.22. The van der Waals surface area contributed by atoms with Gasteiger partial charge in [-0.15, -0.1) is 0 Å². The molecule has 0 aliphatic heterocycles. The van der Waals surface area contributed by atoms with E-state index < -0.39 is 31.2 Å². The highest BCUT2D eigenvalue weighted by molar-refractivity contribution is 6.35. The largest absolute Gasteiger partial charge is 0.465 e. The van der Waals surface area contributed by atoms with Gasteiger partial charge in [-0.3, -0.25) is 4.79 Å². The summed E-state index contributed by atoms with van der Waals surface area (Å²) in [7, 11) is 0. The van der Waals surface area contributed by atoms with Crippen LogP contribution in [0.2, 0.25) is 10.0 Å². The van der Waals surface area contributed by atoms with E-state index in [-0.39, 0.29) is 13.0 Å². The summed E-state index contributed by atoms with van der Waals surface area (Å²) in [5.41, 5.74) is -0.678. The highest BCUT2D eigenvalue weighted by Gasteiger charge is 2.30. The fraction of sp³-hybridized carbons (Fsp3) is 0.462. The van der Waals surface area contributed by atoms with E-state index in [4.69, 9.17) is 43.3 Å². The first-order valence-corrected chi connectivity index (χ1v) is 6.64. The van der Waals surface area contributed by atoms with Crippen molar-refractivity contribution in [1.29, 1.82) is 0 Å². The van der Waals surface area contributed by atoms with Gasteiger partial charge in [-0.1, -0.05) is 29.3 Å². The number of hydrogen-bond donors (Lipinski definition) is 3. The van der Waals surface area contributed by atoms with Gasteiger partial charge in [0.05, 0.1) is 31.7 Å². The Labute approximate surface area is 126 Å². The van der Waals surface area contributed by atoms with Gasteiger partial charge in [0.15, 0.2) is 0 Å². The fourth-order valence-corrected chi connectivity index (χ4v) is 1.87. The van der Waals surface area contributed by atoms with Crippen LogP contribution < -0.4 is 0 Å². The number of carbonyl (C=O) groups is 1. The van der Waals surface area contributed by atoms with Gasteiger partial charge in [-0.05, 0) is 17.7 Å². The zero-order valence-electron chi connectivity index (χ0n) is 10.7. The van der Waals surface area contributed by atoms with Crippen LogP contribution in [0.5, 0.6) is 0 Å². The standard InChI is InChI=1S/C13H16Cl2O5/c14-10-2-1-9(11(15)4-10)3-12(19)20-8-13(5-16,6-17)7-18/h1-2,4,16-18H,3,5-8H2. The molecule has 5 nitrogen and oxygen atoms in total. The van der Waals surface area contributed by atoms with Crippen molar-refractivity contribution >= 4 is 29.2 Å². The maximum Gasteiger partial charge on any atom is 0.310 e. The number of hydrogen-bond acceptors (Lipinski definition) is 5. The van der Waals surface area contributed by atoms with E-state index in [2.05, 4.69) is 0 Å². The Morgan fingerprint density at radius 1 is 1.15 bits per heavy atom. The minimum atomic E-state index is -1.24. The SMILES string of the molecule is O=C(Cc1ccc(Cl)cc1Cl)OCC(CO)(CO)CO. The molecule has 1 rings (SSSR count). The zero-order valence-corrected chi connectivity index (χ0v) is 12.2. The van der Waals surface area contributed by atoms with Gasteiger partial charge in [0, 0.05) is 10.0 Å². The normalized spacial score (nSPS) is 11.4. The molecule has 0 saturated heterocycles. The Hall–Kier alpha value is -0.850. The summed E-state index contributed by atoms with van der Waals surface area (Å²) in [4.78, 5) is 11.7. The van der Waals surface area contributed by atoms with E-state index in [9.17, 15) is 4.79 Å². The van der Waals surface area contributed by atoms with Crippen molar-refractivity contribution in [2.45, 2.75) is 6.42 Å². The lowest BCUT2D eigenvalue weighted by Crippen LogP contribution is -2.39. The third kappa shape index (κ3) is 4.61. The molecule has 0 amide bonds. The third-order valence-electron chi connectivity index (χ3n) is 2.90.